The van der Waals surface area contributed by atoms with Crippen molar-refractivity contribution >= 4 is 17.6 Å². The highest BCUT2D eigenvalue weighted by Gasteiger charge is 2.42. The number of ether oxygens (including phenoxy) is 3. The zero-order chi connectivity index (χ0) is 20.7. The molecule has 1 saturated carbocycles. The third-order valence-electron chi connectivity index (χ3n) is 5.07. The minimum atomic E-state index is -0.825. The van der Waals surface area contributed by atoms with Gasteiger partial charge in [0.1, 0.15) is 16.9 Å². The summed E-state index contributed by atoms with van der Waals surface area (Å²) in [5, 5.41) is 2.93. The van der Waals surface area contributed by atoms with Crippen LogP contribution in [0.2, 0.25) is 0 Å². The van der Waals surface area contributed by atoms with Gasteiger partial charge in [0.15, 0.2) is 0 Å². The number of rotatable bonds is 8. The summed E-state index contributed by atoms with van der Waals surface area (Å²) in [4.78, 5) is 25.4. The first-order valence-corrected chi connectivity index (χ1v) is 10.1. The molecule has 6 nitrogen and oxygen atoms in total. The molecule has 2 atom stereocenters. The molecule has 0 saturated heterocycles. The van der Waals surface area contributed by atoms with Crippen molar-refractivity contribution in [3.8, 4) is 5.75 Å². The number of amides is 1. The van der Waals surface area contributed by atoms with Gasteiger partial charge in [0.25, 0.3) is 5.91 Å². The van der Waals surface area contributed by atoms with Crippen molar-refractivity contribution in [3.05, 3.63) is 23.8 Å². The first kappa shape index (κ1) is 22.2. The molecule has 1 fully saturated rings. The van der Waals surface area contributed by atoms with Crippen LogP contribution in [0.5, 0.6) is 5.75 Å². The van der Waals surface area contributed by atoms with Crippen LogP contribution in [0.4, 0.5) is 5.69 Å². The van der Waals surface area contributed by atoms with E-state index in [1.54, 1.807) is 32.2 Å². The lowest BCUT2D eigenvalue weighted by Crippen LogP contribution is -2.47. The lowest BCUT2D eigenvalue weighted by Gasteiger charge is -2.37. The van der Waals surface area contributed by atoms with E-state index < -0.39 is 11.6 Å². The van der Waals surface area contributed by atoms with E-state index in [-0.39, 0.29) is 12.5 Å². The van der Waals surface area contributed by atoms with E-state index in [4.69, 9.17) is 14.2 Å². The predicted octanol–water partition coefficient (Wildman–Crippen LogP) is 4.43. The average Bonchev–Trinajstić information content (AvgIpc) is 2.66. The number of benzene rings is 1. The van der Waals surface area contributed by atoms with E-state index in [0.29, 0.717) is 48.3 Å². The van der Waals surface area contributed by atoms with E-state index in [9.17, 15) is 9.59 Å². The predicted molar refractivity (Wildman–Crippen MR) is 109 cm³/mol. The fraction of sp³-hybridized carbons (Fsp3) is 0.636. The van der Waals surface area contributed by atoms with Gasteiger partial charge < -0.3 is 19.5 Å². The number of anilines is 1. The zero-order valence-corrected chi connectivity index (χ0v) is 17.7. The molecule has 0 aromatic heterocycles. The van der Waals surface area contributed by atoms with E-state index in [1.807, 2.05) is 13.8 Å². The Labute approximate surface area is 167 Å². The highest BCUT2D eigenvalue weighted by atomic mass is 16.5. The average molecular weight is 392 g/mol. The van der Waals surface area contributed by atoms with Gasteiger partial charge in [0, 0.05) is 12.8 Å². The van der Waals surface area contributed by atoms with Crippen molar-refractivity contribution in [2.24, 2.45) is 11.8 Å². The molecule has 1 aromatic carbocycles. The van der Waals surface area contributed by atoms with E-state index in [0.717, 1.165) is 12.8 Å². The van der Waals surface area contributed by atoms with Crippen molar-refractivity contribution in [2.75, 3.05) is 25.6 Å². The number of carbonyl (C=O) groups is 2. The quantitative estimate of drug-likeness (QED) is 0.664. The maximum atomic E-state index is 13.0. The normalized spacial score (nSPS) is 22.0. The minimum Gasteiger partial charge on any atom is -0.492 e. The van der Waals surface area contributed by atoms with Gasteiger partial charge in [-0.3, -0.25) is 4.79 Å². The highest BCUT2D eigenvalue weighted by molar-refractivity contribution is 5.99. The van der Waals surface area contributed by atoms with Gasteiger partial charge in [0.05, 0.1) is 13.2 Å². The van der Waals surface area contributed by atoms with Crippen LogP contribution in [0.3, 0.4) is 0 Å². The van der Waals surface area contributed by atoms with E-state index in [2.05, 4.69) is 12.2 Å². The molecule has 1 amide bonds. The van der Waals surface area contributed by atoms with Gasteiger partial charge in [-0.05, 0) is 56.2 Å². The van der Waals surface area contributed by atoms with Crippen LogP contribution in [-0.4, -0.2) is 37.8 Å². The Bertz CT molecular complexity index is 688. The molecule has 0 spiro atoms. The molecule has 1 aliphatic rings. The van der Waals surface area contributed by atoms with E-state index >= 15 is 0 Å². The number of esters is 1. The summed E-state index contributed by atoms with van der Waals surface area (Å²) in [5.74, 6) is 0.570. The third kappa shape index (κ3) is 5.47. The second kappa shape index (κ2) is 9.92. The molecule has 6 heteroatoms. The third-order valence-corrected chi connectivity index (χ3v) is 5.07. The Kier molecular flexibility index (Phi) is 7.87. The number of hydrogen-bond donors (Lipinski definition) is 1. The van der Waals surface area contributed by atoms with Crippen molar-refractivity contribution in [2.45, 2.75) is 59.0 Å². The van der Waals surface area contributed by atoms with Crippen LogP contribution in [0.1, 0.15) is 63.7 Å². The zero-order valence-electron chi connectivity index (χ0n) is 17.7. The van der Waals surface area contributed by atoms with Crippen molar-refractivity contribution in [1.82, 2.24) is 0 Å². The van der Waals surface area contributed by atoms with Crippen LogP contribution >= 0.6 is 0 Å². The van der Waals surface area contributed by atoms with Gasteiger partial charge in [-0.1, -0.05) is 27.2 Å². The number of hydrogen-bond acceptors (Lipinski definition) is 5. The van der Waals surface area contributed by atoms with Crippen LogP contribution in [0, 0.1) is 11.8 Å². The fourth-order valence-electron chi connectivity index (χ4n) is 3.59. The summed E-state index contributed by atoms with van der Waals surface area (Å²) in [5.41, 5.74) is 0.0116. The molecule has 156 valence electrons. The molecule has 1 aliphatic carbocycles. The molecule has 0 bridgehead atoms. The minimum absolute atomic E-state index is 0.174. The van der Waals surface area contributed by atoms with Crippen LogP contribution in [-0.2, 0) is 14.3 Å². The molecular formula is C22H33NO5. The molecule has 0 heterocycles. The van der Waals surface area contributed by atoms with Gasteiger partial charge in [-0.15, -0.1) is 0 Å². The van der Waals surface area contributed by atoms with Crippen LogP contribution in [0.15, 0.2) is 18.2 Å². The van der Waals surface area contributed by atoms with Gasteiger partial charge in [0.2, 0.25) is 0 Å². The van der Waals surface area contributed by atoms with Gasteiger partial charge >= 0.3 is 5.97 Å². The highest BCUT2D eigenvalue weighted by Crippen LogP contribution is 2.36. The van der Waals surface area contributed by atoms with Gasteiger partial charge in [-0.2, -0.15) is 0 Å². The second-order valence-corrected chi connectivity index (χ2v) is 7.99. The van der Waals surface area contributed by atoms with Crippen molar-refractivity contribution < 1.29 is 23.8 Å². The first-order valence-electron chi connectivity index (χ1n) is 10.1. The van der Waals surface area contributed by atoms with E-state index in [1.165, 1.54) is 0 Å². The Hall–Kier alpha value is -2.08. The fourth-order valence-corrected chi connectivity index (χ4v) is 3.59. The summed E-state index contributed by atoms with van der Waals surface area (Å²) in [6.45, 7) is 8.72. The molecule has 1 aromatic rings. The Morgan fingerprint density at radius 1 is 1.32 bits per heavy atom. The lowest BCUT2D eigenvalue weighted by atomic mass is 9.78. The maximum Gasteiger partial charge on any atom is 0.341 e. The Balaban J connectivity index is 2.23. The van der Waals surface area contributed by atoms with Gasteiger partial charge in [-0.25, -0.2) is 4.79 Å². The molecule has 0 radical (unpaired) electrons. The SMILES string of the molecule is CCOC(=O)c1cc(NC(=O)C2(OC)CCCC(C)C2)ccc1OCC(C)C. The number of methoxy groups -OCH3 is 1. The standard InChI is InChI=1S/C22H33NO5/c1-6-27-20(24)18-12-17(9-10-19(18)28-14-15(2)3)23-21(25)22(26-5)11-7-8-16(4)13-22/h9-10,12,15-16H,6-8,11,13-14H2,1-5H3,(H,23,25). The number of carbonyl (C=O) groups excluding carboxylic acids is 2. The molecular weight excluding hydrogens is 358 g/mol. The monoisotopic (exact) mass is 391 g/mol. The van der Waals surface area contributed by atoms with Crippen molar-refractivity contribution in [1.29, 1.82) is 0 Å². The molecule has 2 unspecified atom stereocenters. The summed E-state index contributed by atoms with van der Waals surface area (Å²) in [6, 6.07) is 5.06. The van der Waals surface area contributed by atoms with Crippen LogP contribution < -0.4 is 10.1 Å². The molecule has 28 heavy (non-hydrogen) atoms. The largest absolute Gasteiger partial charge is 0.492 e. The first-order chi connectivity index (χ1) is 13.3. The summed E-state index contributed by atoms with van der Waals surface area (Å²) >= 11 is 0. The summed E-state index contributed by atoms with van der Waals surface area (Å²) < 4.78 is 16.6. The topological polar surface area (TPSA) is 73.9 Å². The second-order valence-electron chi connectivity index (χ2n) is 7.99. The summed E-state index contributed by atoms with van der Waals surface area (Å²) in [7, 11) is 1.59. The molecule has 0 aliphatic heterocycles. The lowest BCUT2D eigenvalue weighted by molar-refractivity contribution is -0.143. The van der Waals surface area contributed by atoms with Crippen LogP contribution in [0.25, 0.3) is 0 Å². The smallest absolute Gasteiger partial charge is 0.341 e. The Morgan fingerprint density at radius 2 is 2.07 bits per heavy atom. The summed E-state index contributed by atoms with van der Waals surface area (Å²) in [6.07, 6.45) is 3.45. The molecule has 1 N–H and O–H groups in total. The Morgan fingerprint density at radius 3 is 2.68 bits per heavy atom. The molecule has 2 rings (SSSR count). The number of nitrogens with one attached hydrogen (secondary N) is 1. The van der Waals surface area contributed by atoms with Crippen molar-refractivity contribution in [3.63, 3.8) is 0 Å². The maximum absolute atomic E-state index is 13.0.